The maximum absolute atomic E-state index is 13.8. The highest BCUT2D eigenvalue weighted by Gasteiger charge is 2.54. The first-order chi connectivity index (χ1) is 17.9. The van der Waals surface area contributed by atoms with Gasteiger partial charge in [0, 0.05) is 55.7 Å². The lowest BCUT2D eigenvalue weighted by Gasteiger charge is -2.35. The highest BCUT2D eigenvalue weighted by Crippen LogP contribution is 2.53. The monoisotopic (exact) mass is 522 g/mol. The molecule has 6 rings (SSSR count). The molecule has 2 aromatic heterocycles. The molecule has 2 saturated carbocycles. The van der Waals surface area contributed by atoms with Gasteiger partial charge in [0.2, 0.25) is 5.91 Å². The topological polar surface area (TPSA) is 104 Å². The van der Waals surface area contributed by atoms with Gasteiger partial charge in [0.05, 0.1) is 10.3 Å². The molecule has 1 aromatic carbocycles. The van der Waals surface area contributed by atoms with Crippen LogP contribution in [-0.4, -0.2) is 51.1 Å². The number of nitrogens with zero attached hydrogens (tertiary/aromatic N) is 2. The molecule has 3 fully saturated rings. The normalized spacial score (nSPS) is 20.1. The zero-order valence-corrected chi connectivity index (χ0v) is 22.0. The molecule has 1 saturated heterocycles. The molecule has 9 heteroatoms. The maximum Gasteiger partial charge on any atom is 0.264 e. The van der Waals surface area contributed by atoms with Gasteiger partial charge in [-0.25, -0.2) is 18.1 Å². The van der Waals surface area contributed by atoms with Crippen LogP contribution >= 0.6 is 0 Å². The van der Waals surface area contributed by atoms with Crippen LogP contribution in [0.5, 0.6) is 0 Å². The molecule has 8 nitrogen and oxygen atoms in total. The number of aromatic nitrogens is 2. The summed E-state index contributed by atoms with van der Waals surface area (Å²) in [5, 5.41) is 0.570. The highest BCUT2D eigenvalue weighted by molar-refractivity contribution is 7.90. The van der Waals surface area contributed by atoms with E-state index in [0.717, 1.165) is 56.8 Å². The van der Waals surface area contributed by atoms with Crippen molar-refractivity contribution in [3.8, 4) is 0 Å². The smallest absolute Gasteiger partial charge is 0.264 e. The van der Waals surface area contributed by atoms with Crippen molar-refractivity contribution in [1.82, 2.24) is 14.7 Å². The van der Waals surface area contributed by atoms with Crippen molar-refractivity contribution < 1.29 is 17.9 Å². The van der Waals surface area contributed by atoms with Crippen molar-refractivity contribution in [3.63, 3.8) is 0 Å². The molecule has 0 radical (unpaired) electrons. The molecule has 3 aliphatic rings. The molecular weight excluding hydrogens is 488 g/mol. The standard InChI is InChI=1S/C28H34N4O4S/c1-36-18-19-9-14-32(15-10-19)26-23(16-21(17-30-26)20-4-2-5-20)28(11-12-28)27(33)31-37(34,35)25-7-3-6-24-22(25)8-13-29-24/h3,6-8,13,16-17,19-20,29H,2,4-5,9-12,14-15,18H2,1H3,(H,31,33). The van der Waals surface area contributed by atoms with Crippen LogP contribution in [0.4, 0.5) is 5.82 Å². The van der Waals surface area contributed by atoms with Gasteiger partial charge >= 0.3 is 0 Å². The third-order valence-corrected chi connectivity index (χ3v) is 9.94. The first kappa shape index (κ1) is 24.4. The molecule has 2 aliphatic carbocycles. The van der Waals surface area contributed by atoms with Gasteiger partial charge in [-0.15, -0.1) is 0 Å². The highest BCUT2D eigenvalue weighted by atomic mass is 32.2. The Morgan fingerprint density at radius 1 is 1.19 bits per heavy atom. The van der Waals surface area contributed by atoms with Crippen LogP contribution in [0.1, 0.15) is 62.0 Å². The van der Waals surface area contributed by atoms with E-state index >= 15 is 0 Å². The van der Waals surface area contributed by atoms with E-state index in [1.165, 1.54) is 12.0 Å². The van der Waals surface area contributed by atoms with Crippen molar-refractivity contribution in [2.24, 2.45) is 5.92 Å². The second kappa shape index (κ2) is 9.44. The van der Waals surface area contributed by atoms with Gasteiger partial charge in [0.15, 0.2) is 0 Å². The number of nitrogens with one attached hydrogen (secondary N) is 2. The maximum atomic E-state index is 13.8. The predicted molar refractivity (Wildman–Crippen MR) is 142 cm³/mol. The van der Waals surface area contributed by atoms with Gasteiger partial charge in [-0.3, -0.25) is 4.79 Å². The molecular formula is C28H34N4O4S. The quantitative estimate of drug-likeness (QED) is 0.459. The van der Waals surface area contributed by atoms with Gasteiger partial charge in [-0.1, -0.05) is 12.5 Å². The summed E-state index contributed by atoms with van der Waals surface area (Å²) in [6, 6.07) is 8.91. The van der Waals surface area contributed by atoms with Crippen molar-refractivity contribution in [3.05, 3.63) is 53.9 Å². The first-order valence-electron chi connectivity index (χ1n) is 13.3. The van der Waals surface area contributed by atoms with E-state index < -0.39 is 21.3 Å². The number of amides is 1. The van der Waals surface area contributed by atoms with Crippen molar-refractivity contribution in [2.45, 2.75) is 61.2 Å². The van der Waals surface area contributed by atoms with E-state index in [9.17, 15) is 13.2 Å². The largest absolute Gasteiger partial charge is 0.384 e. The third kappa shape index (κ3) is 4.42. The number of benzene rings is 1. The lowest BCUT2D eigenvalue weighted by atomic mass is 9.79. The van der Waals surface area contributed by atoms with Crippen LogP contribution in [-0.2, 0) is 25.0 Å². The van der Waals surface area contributed by atoms with E-state index in [2.05, 4.69) is 20.7 Å². The molecule has 196 valence electrons. The first-order valence-corrected chi connectivity index (χ1v) is 14.8. The number of hydrogen-bond donors (Lipinski definition) is 2. The number of pyridine rings is 1. The van der Waals surface area contributed by atoms with E-state index in [1.54, 1.807) is 31.5 Å². The minimum absolute atomic E-state index is 0.109. The molecule has 37 heavy (non-hydrogen) atoms. The number of sulfonamides is 1. The van der Waals surface area contributed by atoms with Crippen molar-refractivity contribution in [1.29, 1.82) is 0 Å². The average Bonchev–Trinajstić information content (AvgIpc) is 3.53. The SMILES string of the molecule is COCC1CCN(c2ncc(C3CCC3)cc2C2(C(=O)NS(=O)(=O)c3cccc4[nH]ccc34)CC2)CC1. The number of carbonyl (C=O) groups excluding carboxylic acids is 1. The zero-order valence-electron chi connectivity index (χ0n) is 21.2. The summed E-state index contributed by atoms with van der Waals surface area (Å²) in [5.74, 6) is 1.37. The van der Waals surface area contributed by atoms with E-state index in [-0.39, 0.29) is 4.90 Å². The fourth-order valence-electron chi connectivity index (χ4n) is 5.90. The van der Waals surface area contributed by atoms with Gasteiger partial charge in [0.25, 0.3) is 10.0 Å². The number of methoxy groups -OCH3 is 1. The number of piperidine rings is 1. The minimum Gasteiger partial charge on any atom is -0.384 e. The van der Waals surface area contributed by atoms with Crippen LogP contribution in [0.25, 0.3) is 10.9 Å². The lowest BCUT2D eigenvalue weighted by Crippen LogP contribution is -2.41. The summed E-state index contributed by atoms with van der Waals surface area (Å²) in [6.45, 7) is 2.46. The number of fused-ring (bicyclic) bond motifs is 1. The van der Waals surface area contributed by atoms with E-state index in [4.69, 9.17) is 9.72 Å². The Balaban J connectivity index is 1.32. The fraction of sp³-hybridized carbons (Fsp3) is 0.500. The molecule has 1 amide bonds. The summed E-state index contributed by atoms with van der Waals surface area (Å²) in [5.41, 5.74) is 1.89. The van der Waals surface area contributed by atoms with Crippen molar-refractivity contribution in [2.75, 3.05) is 31.7 Å². The summed E-state index contributed by atoms with van der Waals surface area (Å²) < 4.78 is 34.6. The molecule has 2 N–H and O–H groups in total. The van der Waals surface area contributed by atoms with Gasteiger partial charge in [0.1, 0.15) is 5.82 Å². The molecule has 0 unspecified atom stereocenters. The Hall–Kier alpha value is -2.91. The lowest BCUT2D eigenvalue weighted by molar-refractivity contribution is -0.121. The number of anilines is 1. The van der Waals surface area contributed by atoms with E-state index in [0.29, 0.717) is 35.6 Å². The fourth-order valence-corrected chi connectivity index (χ4v) is 7.17. The summed E-state index contributed by atoms with van der Waals surface area (Å²) in [7, 11) is -2.30. The Bertz CT molecular complexity index is 1420. The summed E-state index contributed by atoms with van der Waals surface area (Å²) in [4.78, 5) is 24.1. The number of rotatable bonds is 8. The van der Waals surface area contributed by atoms with Crippen LogP contribution in [0.3, 0.4) is 0 Å². The molecule has 3 aromatic rings. The number of carbonyl (C=O) groups is 1. The molecule has 0 bridgehead atoms. The molecule has 3 heterocycles. The van der Waals surface area contributed by atoms with Crippen LogP contribution in [0.15, 0.2) is 47.6 Å². The molecule has 0 atom stereocenters. The average molecular weight is 523 g/mol. The van der Waals surface area contributed by atoms with Crippen LogP contribution < -0.4 is 9.62 Å². The van der Waals surface area contributed by atoms with Crippen LogP contribution in [0, 0.1) is 5.92 Å². The Labute approximate surface area is 217 Å². The Morgan fingerprint density at radius 2 is 1.97 bits per heavy atom. The Morgan fingerprint density at radius 3 is 2.65 bits per heavy atom. The second-order valence-electron chi connectivity index (χ2n) is 10.9. The second-order valence-corrected chi connectivity index (χ2v) is 12.5. The van der Waals surface area contributed by atoms with Gasteiger partial charge < -0.3 is 14.6 Å². The van der Waals surface area contributed by atoms with E-state index in [1.807, 2.05) is 12.3 Å². The van der Waals surface area contributed by atoms with Crippen LogP contribution in [0.2, 0.25) is 0 Å². The number of ether oxygens (including phenoxy) is 1. The number of aromatic amines is 1. The predicted octanol–water partition coefficient (Wildman–Crippen LogP) is 4.23. The zero-order chi connectivity index (χ0) is 25.6. The van der Waals surface area contributed by atoms with Crippen molar-refractivity contribution >= 4 is 32.7 Å². The minimum atomic E-state index is -4.05. The number of H-pyrrole nitrogens is 1. The number of hydrogen-bond acceptors (Lipinski definition) is 6. The van der Waals surface area contributed by atoms with Gasteiger partial charge in [-0.2, -0.15) is 0 Å². The van der Waals surface area contributed by atoms with Gasteiger partial charge in [-0.05, 0) is 80.2 Å². The summed E-state index contributed by atoms with van der Waals surface area (Å²) in [6.07, 6.45) is 10.4. The third-order valence-electron chi connectivity index (χ3n) is 8.55. The molecule has 0 spiro atoms. The summed E-state index contributed by atoms with van der Waals surface area (Å²) >= 11 is 0. The molecule has 1 aliphatic heterocycles. The Kier molecular flexibility index (Phi) is 6.23.